The number of halogens is 3. The third-order valence-electron chi connectivity index (χ3n) is 8.86. The molecule has 9 nitrogen and oxygen atoms in total. The first-order valence-corrected chi connectivity index (χ1v) is 16.9. The summed E-state index contributed by atoms with van der Waals surface area (Å²) in [7, 11) is -5.76. The van der Waals surface area contributed by atoms with Gasteiger partial charge in [-0.25, -0.2) is 4.39 Å². The molecule has 3 aliphatic rings. The van der Waals surface area contributed by atoms with Crippen LogP contribution in [0.15, 0.2) is 54.6 Å². The Morgan fingerprint density at radius 1 is 1.00 bits per heavy atom. The van der Waals surface area contributed by atoms with Crippen molar-refractivity contribution in [1.29, 1.82) is 0 Å². The third-order valence-corrected chi connectivity index (χ3v) is 11.0. The van der Waals surface area contributed by atoms with Gasteiger partial charge >= 0.3 is 13.3 Å². The summed E-state index contributed by atoms with van der Waals surface area (Å²) in [5.41, 5.74) is -6.39. The van der Waals surface area contributed by atoms with Crippen LogP contribution in [-0.4, -0.2) is 68.5 Å². The Kier molecular flexibility index (Phi) is 7.88. The van der Waals surface area contributed by atoms with Gasteiger partial charge in [-0.05, 0) is 54.8 Å². The number of benzene rings is 2. The Hall–Kier alpha value is -3.25. The molecule has 3 saturated heterocycles. The van der Waals surface area contributed by atoms with E-state index < -0.39 is 42.5 Å². The fraction of sp³-hybridized carbons (Fsp3) is 0.433. The molecule has 3 N–H and O–H groups in total. The van der Waals surface area contributed by atoms with Crippen molar-refractivity contribution < 1.29 is 41.9 Å². The number of hydrogen-bond donors (Lipinski definition) is 3. The van der Waals surface area contributed by atoms with E-state index in [4.69, 9.17) is 9.79 Å². The number of hydrogen-bond acceptors (Lipinski definition) is 5. The number of nitrogens with one attached hydrogen (secondary N) is 1. The molecule has 3 fully saturated rings. The molecule has 0 unspecified atom stereocenters. The van der Waals surface area contributed by atoms with Gasteiger partial charge in [0.15, 0.2) is 5.67 Å². The van der Waals surface area contributed by atoms with Crippen LogP contribution < -0.4 is 5.32 Å². The molecule has 14 heteroatoms. The van der Waals surface area contributed by atoms with Gasteiger partial charge in [0.1, 0.15) is 12.1 Å². The van der Waals surface area contributed by atoms with Gasteiger partial charge in [0.05, 0.1) is 18.0 Å². The zero-order chi connectivity index (χ0) is 31.4. The molecule has 4 heterocycles. The van der Waals surface area contributed by atoms with Crippen molar-refractivity contribution >= 4 is 46.7 Å². The first-order chi connectivity index (χ1) is 20.8. The van der Waals surface area contributed by atoms with Gasteiger partial charge in [0.25, 0.3) is 5.91 Å². The second-order valence-corrected chi connectivity index (χ2v) is 14.5. The third kappa shape index (κ3) is 5.44. The second kappa shape index (κ2) is 11.3. The van der Waals surface area contributed by atoms with Crippen LogP contribution in [0.25, 0.3) is 10.1 Å². The lowest BCUT2D eigenvalue weighted by atomic mass is 9.87. The van der Waals surface area contributed by atoms with Gasteiger partial charge < -0.3 is 24.9 Å². The lowest BCUT2D eigenvalue weighted by molar-refractivity contribution is -0.156. The number of amides is 3. The highest BCUT2D eigenvalue weighted by Crippen LogP contribution is 2.59. The summed E-state index contributed by atoms with van der Waals surface area (Å²) in [4.78, 5) is 62.0. The Bertz CT molecular complexity index is 1660. The van der Waals surface area contributed by atoms with Crippen LogP contribution in [0.3, 0.4) is 0 Å². The minimum Gasteiger partial charge on any atom is -0.340 e. The highest BCUT2D eigenvalue weighted by Gasteiger charge is 2.52. The number of nitrogens with zero attached hydrogens (tertiary/aromatic N) is 2. The number of alkyl halides is 3. The van der Waals surface area contributed by atoms with Crippen LogP contribution in [0.5, 0.6) is 0 Å². The first-order valence-electron chi connectivity index (χ1n) is 14.4. The van der Waals surface area contributed by atoms with Crippen molar-refractivity contribution in [2.45, 2.75) is 68.0 Å². The fourth-order valence-corrected chi connectivity index (χ4v) is 7.91. The lowest BCUT2D eigenvalue weighted by Gasteiger charge is -2.47. The van der Waals surface area contributed by atoms with E-state index >= 15 is 4.39 Å². The minimum atomic E-state index is -5.76. The van der Waals surface area contributed by atoms with Crippen LogP contribution in [0.4, 0.5) is 13.2 Å². The zero-order valence-electron chi connectivity index (χ0n) is 23.5. The predicted molar refractivity (Wildman–Crippen MR) is 157 cm³/mol. The molecule has 0 aliphatic carbocycles. The molecule has 0 spiro atoms. The zero-order valence-corrected chi connectivity index (χ0v) is 25.2. The molecule has 6 rings (SSSR count). The molecule has 234 valence electrons. The highest BCUT2D eigenvalue weighted by molar-refractivity contribution is 7.52. The maximum Gasteiger partial charge on any atom is 0.399 e. The molecule has 3 aliphatic heterocycles. The Balaban J connectivity index is 1.17. The number of likely N-dealkylation sites (tertiary alicyclic amines) is 1. The van der Waals surface area contributed by atoms with Crippen LogP contribution >= 0.6 is 18.9 Å². The highest BCUT2D eigenvalue weighted by atomic mass is 32.1. The van der Waals surface area contributed by atoms with E-state index in [2.05, 4.69) is 5.32 Å². The predicted octanol–water partition coefficient (Wildman–Crippen LogP) is 4.87. The summed E-state index contributed by atoms with van der Waals surface area (Å²) in [5, 5.41) is 2.97. The first kappa shape index (κ1) is 30.8. The lowest BCUT2D eigenvalue weighted by Crippen LogP contribution is -2.64. The molecule has 0 saturated carbocycles. The summed E-state index contributed by atoms with van der Waals surface area (Å²) in [6, 6.07) is 11.3. The quantitative estimate of drug-likeness (QED) is 0.327. The number of carbonyl (C=O) groups excluding carboxylic acids is 3. The minimum absolute atomic E-state index is 0.0903. The molecular formula is C30H31F3N3O6PS. The molecule has 0 bridgehead atoms. The van der Waals surface area contributed by atoms with Gasteiger partial charge in [-0.15, -0.1) is 11.3 Å². The van der Waals surface area contributed by atoms with Gasteiger partial charge in [-0.2, -0.15) is 8.78 Å². The van der Waals surface area contributed by atoms with Crippen LogP contribution in [0.1, 0.15) is 59.3 Å². The van der Waals surface area contributed by atoms with Crippen molar-refractivity contribution in [3.8, 4) is 0 Å². The number of fused-ring (bicyclic) bond motifs is 2. The Morgan fingerprint density at radius 2 is 1.70 bits per heavy atom. The summed E-state index contributed by atoms with van der Waals surface area (Å²) in [5.74, 6) is -1.28. The number of rotatable bonds is 6. The largest absolute Gasteiger partial charge is 0.399 e. The van der Waals surface area contributed by atoms with Crippen LogP contribution in [-0.2, 0) is 25.5 Å². The second-order valence-electron chi connectivity index (χ2n) is 11.8. The standard InChI is InChI=1S/C30H31F3N3O6PS/c31-29(19-6-2-1-3-7-19)16-35(17-29)28(39)23-12-11-21-8-4-5-9-22(27(38)36(21)23)34-26(37)25-15-18-14-20(10-13-24(18)44-25)30(32,33)43(40,41)42/h1-3,6-7,10,13-15,21-23H,4-5,8-9,11-12,16-17H2,(H,34,37)(H2,40,41,42)/t21-,22-,23-/m0/s1. The molecule has 44 heavy (non-hydrogen) atoms. The van der Waals surface area contributed by atoms with Gasteiger partial charge in [0.2, 0.25) is 11.8 Å². The van der Waals surface area contributed by atoms with Crippen LogP contribution in [0.2, 0.25) is 0 Å². The molecule has 0 radical (unpaired) electrons. The fourth-order valence-electron chi connectivity index (χ4n) is 6.49. The molecule has 3 atom stereocenters. The molecule has 2 aromatic carbocycles. The number of thiophene rings is 1. The Morgan fingerprint density at radius 3 is 2.41 bits per heavy atom. The van der Waals surface area contributed by atoms with Gasteiger partial charge in [-0.1, -0.05) is 49.2 Å². The van der Waals surface area contributed by atoms with Crippen molar-refractivity contribution in [1.82, 2.24) is 15.1 Å². The summed E-state index contributed by atoms with van der Waals surface area (Å²) >= 11 is 0.996. The van der Waals surface area contributed by atoms with E-state index in [1.54, 1.807) is 35.2 Å². The average Bonchev–Trinajstić information content (AvgIpc) is 3.59. The summed E-state index contributed by atoms with van der Waals surface area (Å²) in [6.07, 6.45) is 3.64. The average molecular weight is 650 g/mol. The van der Waals surface area contributed by atoms with Crippen molar-refractivity contribution in [3.63, 3.8) is 0 Å². The van der Waals surface area contributed by atoms with E-state index in [1.807, 2.05) is 0 Å². The summed E-state index contributed by atoms with van der Waals surface area (Å²) < 4.78 is 55.7. The van der Waals surface area contributed by atoms with Crippen molar-refractivity contribution in [3.05, 3.63) is 70.6 Å². The van der Waals surface area contributed by atoms with E-state index in [0.717, 1.165) is 36.3 Å². The summed E-state index contributed by atoms with van der Waals surface area (Å²) in [6.45, 7) is -0.181. The monoisotopic (exact) mass is 649 g/mol. The maximum absolute atomic E-state index is 15.4. The Labute approximate surface area is 255 Å². The molecule has 3 amide bonds. The van der Waals surface area contributed by atoms with Crippen LogP contribution in [0, 0.1) is 0 Å². The SMILES string of the molecule is O=C(N[C@H]1CCCC[C@H]2CC[C@@H](C(=O)N3CC(F)(c4ccccc4)C3)N2C1=O)c1cc2cc(C(F)(F)P(=O)(O)O)ccc2s1. The number of carbonyl (C=O) groups is 3. The molecular weight excluding hydrogens is 618 g/mol. The van der Waals surface area contributed by atoms with E-state index in [9.17, 15) is 27.7 Å². The van der Waals surface area contributed by atoms with E-state index in [1.165, 1.54) is 17.0 Å². The van der Waals surface area contributed by atoms with E-state index in [-0.39, 0.29) is 41.2 Å². The van der Waals surface area contributed by atoms with Crippen molar-refractivity contribution in [2.24, 2.45) is 0 Å². The smallest absolute Gasteiger partial charge is 0.340 e. The normalized spacial score (nSPS) is 23.9. The van der Waals surface area contributed by atoms with E-state index in [0.29, 0.717) is 35.9 Å². The molecule has 1 aromatic heterocycles. The topological polar surface area (TPSA) is 127 Å². The maximum atomic E-state index is 15.4. The van der Waals surface area contributed by atoms with Crippen molar-refractivity contribution in [2.75, 3.05) is 13.1 Å². The van der Waals surface area contributed by atoms with Gasteiger partial charge in [-0.3, -0.25) is 18.9 Å². The molecule has 3 aromatic rings. The van der Waals surface area contributed by atoms with Gasteiger partial charge in [0, 0.05) is 16.3 Å².